The molecule has 1 aromatic heterocycles. The molecule has 1 aromatic rings. The van der Waals surface area contributed by atoms with E-state index in [1.165, 1.54) is 11.3 Å². The Morgan fingerprint density at radius 3 is 2.45 bits per heavy atom. The molecule has 0 saturated carbocycles. The molecule has 3 nitrogen and oxygen atoms in total. The van der Waals surface area contributed by atoms with Gasteiger partial charge in [-0.05, 0) is 31.4 Å². The van der Waals surface area contributed by atoms with Crippen molar-refractivity contribution in [2.75, 3.05) is 0 Å². The summed E-state index contributed by atoms with van der Waals surface area (Å²) in [6.07, 6.45) is -4.38. The van der Waals surface area contributed by atoms with E-state index in [4.69, 9.17) is 5.11 Å². The van der Waals surface area contributed by atoms with Crippen molar-refractivity contribution in [2.24, 2.45) is 0 Å². The zero-order valence-corrected chi connectivity index (χ0v) is 11.5. The van der Waals surface area contributed by atoms with E-state index in [0.29, 0.717) is 17.7 Å². The van der Waals surface area contributed by atoms with Crippen molar-refractivity contribution in [3.63, 3.8) is 0 Å². The van der Waals surface area contributed by atoms with E-state index in [-0.39, 0.29) is 25.0 Å². The summed E-state index contributed by atoms with van der Waals surface area (Å²) in [5.74, 6) is -1.16. The van der Waals surface area contributed by atoms with E-state index < -0.39 is 18.6 Å². The van der Waals surface area contributed by atoms with Gasteiger partial charge in [-0.15, -0.1) is 11.3 Å². The topological polar surface area (TPSA) is 54.4 Å². The quantitative estimate of drug-likeness (QED) is 0.736. The largest absolute Gasteiger partial charge is 0.481 e. The number of carbonyl (C=O) groups excluding carboxylic acids is 1. The maximum atomic E-state index is 12.0. The van der Waals surface area contributed by atoms with E-state index in [2.05, 4.69) is 0 Å². The Morgan fingerprint density at radius 1 is 1.15 bits per heavy atom. The second kappa shape index (κ2) is 7.42. The number of carboxylic acids is 1. The summed E-state index contributed by atoms with van der Waals surface area (Å²) >= 11 is 1.23. The van der Waals surface area contributed by atoms with Crippen LogP contribution in [0.2, 0.25) is 0 Å². The Labute approximate surface area is 118 Å². The highest BCUT2D eigenvalue weighted by Gasteiger charge is 2.26. The minimum Gasteiger partial charge on any atom is -0.481 e. The minimum atomic E-state index is -4.22. The lowest BCUT2D eigenvalue weighted by molar-refractivity contribution is -0.137. The predicted molar refractivity (Wildman–Crippen MR) is 69.1 cm³/mol. The summed E-state index contributed by atoms with van der Waals surface area (Å²) in [6.45, 7) is 0. The van der Waals surface area contributed by atoms with Gasteiger partial charge in [0.15, 0.2) is 5.78 Å². The smallest absolute Gasteiger partial charge is 0.389 e. The van der Waals surface area contributed by atoms with Crippen LogP contribution in [-0.2, 0) is 11.2 Å². The molecule has 112 valence electrons. The summed E-state index contributed by atoms with van der Waals surface area (Å²) in [5, 5.41) is 8.51. The van der Waals surface area contributed by atoms with Crippen LogP contribution >= 0.6 is 11.3 Å². The molecule has 0 aliphatic heterocycles. The van der Waals surface area contributed by atoms with Crippen LogP contribution in [0.15, 0.2) is 12.1 Å². The van der Waals surface area contributed by atoms with Gasteiger partial charge in [-0.2, -0.15) is 13.2 Å². The molecule has 0 aliphatic carbocycles. The molecule has 1 heterocycles. The summed E-state index contributed by atoms with van der Waals surface area (Å²) in [7, 11) is 0. The third-order valence-electron chi connectivity index (χ3n) is 2.61. The molecule has 0 bridgehead atoms. The minimum absolute atomic E-state index is 0.0623. The van der Waals surface area contributed by atoms with E-state index in [1.54, 1.807) is 12.1 Å². The van der Waals surface area contributed by atoms with Crippen LogP contribution in [0, 0.1) is 0 Å². The standard InChI is InChI=1S/C13H15F3O3S/c14-13(15,16)8-2-4-10(17)11-7-6-9(20-11)3-1-5-12(18)19/h6-7H,1-5,8H2,(H,18,19). The van der Waals surface area contributed by atoms with Gasteiger partial charge in [0.2, 0.25) is 0 Å². The van der Waals surface area contributed by atoms with Crippen molar-refractivity contribution in [3.05, 3.63) is 21.9 Å². The van der Waals surface area contributed by atoms with Gasteiger partial charge in [-0.1, -0.05) is 0 Å². The molecule has 0 unspecified atom stereocenters. The molecular weight excluding hydrogens is 293 g/mol. The van der Waals surface area contributed by atoms with Crippen molar-refractivity contribution in [2.45, 2.75) is 44.7 Å². The first-order valence-electron chi connectivity index (χ1n) is 6.18. The van der Waals surface area contributed by atoms with Gasteiger partial charge < -0.3 is 5.11 Å². The Morgan fingerprint density at radius 2 is 1.85 bits per heavy atom. The van der Waals surface area contributed by atoms with Crippen molar-refractivity contribution < 1.29 is 27.9 Å². The van der Waals surface area contributed by atoms with E-state index in [0.717, 1.165) is 4.88 Å². The van der Waals surface area contributed by atoms with Crippen molar-refractivity contribution in [3.8, 4) is 0 Å². The van der Waals surface area contributed by atoms with Crippen molar-refractivity contribution >= 4 is 23.1 Å². The molecule has 0 aliphatic rings. The Balaban J connectivity index is 2.38. The third kappa shape index (κ3) is 6.70. The maximum absolute atomic E-state index is 12.0. The predicted octanol–water partition coefficient (Wildman–Crippen LogP) is 4.07. The van der Waals surface area contributed by atoms with Gasteiger partial charge in [-0.3, -0.25) is 9.59 Å². The summed E-state index contributed by atoms with van der Waals surface area (Å²) < 4.78 is 35.9. The summed E-state index contributed by atoms with van der Waals surface area (Å²) in [6, 6.07) is 3.32. The number of rotatable bonds is 8. The fourth-order valence-corrected chi connectivity index (χ4v) is 2.67. The molecule has 0 saturated heterocycles. The monoisotopic (exact) mass is 308 g/mol. The average Bonchev–Trinajstić information content (AvgIpc) is 2.75. The van der Waals surface area contributed by atoms with Gasteiger partial charge in [0.25, 0.3) is 0 Å². The molecule has 0 amide bonds. The normalized spacial score (nSPS) is 11.6. The van der Waals surface area contributed by atoms with Crippen molar-refractivity contribution in [1.82, 2.24) is 0 Å². The van der Waals surface area contributed by atoms with Gasteiger partial charge in [-0.25, -0.2) is 0 Å². The fraction of sp³-hybridized carbons (Fsp3) is 0.538. The lowest BCUT2D eigenvalue weighted by Crippen LogP contribution is -2.08. The Bertz CT molecular complexity index is 466. The molecule has 1 rings (SSSR count). The molecule has 0 radical (unpaired) electrons. The summed E-state index contributed by atoms with van der Waals surface area (Å²) in [5.41, 5.74) is 0. The molecule has 20 heavy (non-hydrogen) atoms. The van der Waals surface area contributed by atoms with Gasteiger partial charge in [0.1, 0.15) is 0 Å². The molecule has 0 aromatic carbocycles. The molecule has 7 heteroatoms. The number of halogens is 3. The number of carboxylic acid groups (broad SMARTS) is 1. The number of aryl methyl sites for hydroxylation is 1. The van der Waals surface area contributed by atoms with Crippen molar-refractivity contribution in [1.29, 1.82) is 0 Å². The van der Waals surface area contributed by atoms with Gasteiger partial charge in [0.05, 0.1) is 4.88 Å². The molecular formula is C13H15F3O3S. The second-order valence-electron chi connectivity index (χ2n) is 4.41. The van der Waals surface area contributed by atoms with Crippen LogP contribution < -0.4 is 0 Å². The Hall–Kier alpha value is -1.37. The SMILES string of the molecule is O=C(O)CCCc1ccc(C(=O)CCCC(F)(F)F)s1. The number of alkyl halides is 3. The van der Waals surface area contributed by atoms with Crippen LogP contribution in [-0.4, -0.2) is 23.0 Å². The van der Waals surface area contributed by atoms with Crippen LogP contribution in [0.25, 0.3) is 0 Å². The first-order valence-corrected chi connectivity index (χ1v) is 7.00. The lowest BCUT2D eigenvalue weighted by Gasteiger charge is -2.04. The molecule has 1 N–H and O–H groups in total. The zero-order valence-electron chi connectivity index (χ0n) is 10.7. The van der Waals surface area contributed by atoms with Crippen LogP contribution in [0.5, 0.6) is 0 Å². The number of hydrogen-bond donors (Lipinski definition) is 1. The number of ketones is 1. The number of carbonyl (C=O) groups is 2. The highest BCUT2D eigenvalue weighted by atomic mass is 32.1. The third-order valence-corrected chi connectivity index (χ3v) is 3.80. The van der Waals surface area contributed by atoms with Gasteiger partial charge >= 0.3 is 12.1 Å². The molecule has 0 fully saturated rings. The van der Waals surface area contributed by atoms with Crippen LogP contribution in [0.4, 0.5) is 13.2 Å². The molecule has 0 spiro atoms. The summed E-state index contributed by atoms with van der Waals surface area (Å²) in [4.78, 5) is 23.4. The lowest BCUT2D eigenvalue weighted by atomic mass is 10.1. The highest BCUT2D eigenvalue weighted by molar-refractivity contribution is 7.14. The van der Waals surface area contributed by atoms with Gasteiger partial charge in [0, 0.05) is 24.1 Å². The second-order valence-corrected chi connectivity index (χ2v) is 5.57. The highest BCUT2D eigenvalue weighted by Crippen LogP contribution is 2.25. The van der Waals surface area contributed by atoms with E-state index in [1.807, 2.05) is 0 Å². The number of thiophene rings is 1. The first-order chi connectivity index (χ1) is 9.28. The number of hydrogen-bond acceptors (Lipinski definition) is 3. The molecule has 0 atom stereocenters. The van der Waals surface area contributed by atoms with Crippen LogP contribution in [0.3, 0.4) is 0 Å². The zero-order chi connectivity index (χ0) is 15.2. The van der Waals surface area contributed by atoms with E-state index in [9.17, 15) is 22.8 Å². The fourth-order valence-electron chi connectivity index (χ4n) is 1.65. The first kappa shape index (κ1) is 16.7. The number of Topliss-reactive ketones (excluding diaryl/α,β-unsaturated/α-hetero) is 1. The van der Waals surface area contributed by atoms with Crippen LogP contribution in [0.1, 0.15) is 46.7 Å². The number of aliphatic carboxylic acids is 1. The average molecular weight is 308 g/mol. The maximum Gasteiger partial charge on any atom is 0.389 e. The van der Waals surface area contributed by atoms with E-state index >= 15 is 0 Å². The Kier molecular flexibility index (Phi) is 6.19.